The molecule has 0 saturated heterocycles. The van der Waals surface area contributed by atoms with Crippen molar-refractivity contribution >= 4 is 27.8 Å². The third-order valence-corrected chi connectivity index (χ3v) is 3.95. The summed E-state index contributed by atoms with van der Waals surface area (Å²) in [7, 11) is 0. The number of carbonyl (C=O) groups excluding carboxylic acids is 2. The Labute approximate surface area is 149 Å². The van der Waals surface area contributed by atoms with Crippen LogP contribution in [0.4, 0.5) is 0 Å². The topological polar surface area (TPSA) is 68.5 Å². The first-order valence-corrected chi connectivity index (χ1v) is 8.55. The second-order valence-corrected chi connectivity index (χ2v) is 6.37. The van der Waals surface area contributed by atoms with Crippen molar-refractivity contribution in [2.45, 2.75) is 38.8 Å². The molecule has 1 aromatic carbocycles. The molecule has 1 aromatic heterocycles. The summed E-state index contributed by atoms with van der Waals surface area (Å²) < 4.78 is 10.6. The van der Waals surface area contributed by atoms with Gasteiger partial charge in [0.25, 0.3) is 5.91 Å². The molecule has 0 aliphatic carbocycles. The highest BCUT2D eigenvalue weighted by molar-refractivity contribution is 9.10. The molecule has 0 aliphatic rings. The Morgan fingerprint density at radius 1 is 1.17 bits per heavy atom. The van der Waals surface area contributed by atoms with Crippen LogP contribution in [0.2, 0.25) is 0 Å². The molecule has 5 nitrogen and oxygen atoms in total. The summed E-state index contributed by atoms with van der Waals surface area (Å²) in [4.78, 5) is 24.0. The van der Waals surface area contributed by atoms with E-state index in [9.17, 15) is 9.59 Å². The summed E-state index contributed by atoms with van der Waals surface area (Å²) >= 11 is 3.11. The van der Waals surface area contributed by atoms with Crippen LogP contribution in [0.15, 0.2) is 51.6 Å². The van der Waals surface area contributed by atoms with Crippen molar-refractivity contribution in [3.05, 3.63) is 58.5 Å². The number of rotatable bonds is 7. The summed E-state index contributed by atoms with van der Waals surface area (Å²) in [6.07, 6.45) is 0.791. The molecule has 2 aromatic rings. The Morgan fingerprint density at radius 2 is 1.88 bits per heavy atom. The van der Waals surface area contributed by atoms with Crippen LogP contribution in [0, 0.1) is 0 Å². The summed E-state index contributed by atoms with van der Waals surface area (Å²) in [5, 5.41) is 2.86. The van der Waals surface area contributed by atoms with Crippen molar-refractivity contribution in [3.8, 4) is 0 Å². The fraction of sp³-hybridized carbons (Fsp3) is 0.333. The van der Waals surface area contributed by atoms with Gasteiger partial charge in [-0.25, -0.2) is 4.79 Å². The standard InChI is InChI=1S/C18H20BrNO4/c1-12(8-9-14-6-4-3-5-7-14)20-17(21)13(2)23-18(22)15-10-11-16(19)24-15/h3-7,10-13H,8-9H2,1-2H3,(H,20,21)/t12-,13-/m0/s1. The Hall–Kier alpha value is -2.08. The summed E-state index contributed by atoms with van der Waals surface area (Å²) in [5.41, 5.74) is 1.22. The van der Waals surface area contributed by atoms with Crippen molar-refractivity contribution in [1.29, 1.82) is 0 Å². The number of nitrogens with one attached hydrogen (secondary N) is 1. The zero-order valence-electron chi connectivity index (χ0n) is 13.6. The predicted molar refractivity (Wildman–Crippen MR) is 93.7 cm³/mol. The number of furan rings is 1. The van der Waals surface area contributed by atoms with Crippen LogP contribution in [0.3, 0.4) is 0 Å². The van der Waals surface area contributed by atoms with Crippen molar-refractivity contribution in [1.82, 2.24) is 5.32 Å². The van der Waals surface area contributed by atoms with Gasteiger partial charge in [0.1, 0.15) is 0 Å². The monoisotopic (exact) mass is 393 g/mol. The number of ether oxygens (including phenoxy) is 1. The van der Waals surface area contributed by atoms with Crippen molar-refractivity contribution in [3.63, 3.8) is 0 Å². The van der Waals surface area contributed by atoms with E-state index in [0.29, 0.717) is 4.67 Å². The van der Waals surface area contributed by atoms with Crippen LogP contribution in [-0.4, -0.2) is 24.0 Å². The maximum atomic E-state index is 12.1. The van der Waals surface area contributed by atoms with E-state index in [0.717, 1.165) is 12.8 Å². The number of carbonyl (C=O) groups is 2. The number of benzene rings is 1. The second kappa shape index (κ2) is 8.68. The van der Waals surface area contributed by atoms with Crippen LogP contribution in [-0.2, 0) is 16.0 Å². The lowest BCUT2D eigenvalue weighted by molar-refractivity contribution is -0.129. The average molecular weight is 394 g/mol. The Bertz CT molecular complexity index is 683. The molecule has 0 saturated carbocycles. The van der Waals surface area contributed by atoms with E-state index in [1.54, 1.807) is 6.07 Å². The highest BCUT2D eigenvalue weighted by Crippen LogP contribution is 2.15. The van der Waals surface area contributed by atoms with E-state index in [1.165, 1.54) is 18.6 Å². The van der Waals surface area contributed by atoms with Crippen LogP contribution < -0.4 is 5.32 Å². The number of hydrogen-bond donors (Lipinski definition) is 1. The lowest BCUT2D eigenvalue weighted by atomic mass is 10.1. The molecule has 1 N–H and O–H groups in total. The Balaban J connectivity index is 1.77. The van der Waals surface area contributed by atoms with E-state index in [4.69, 9.17) is 9.15 Å². The molecule has 1 amide bonds. The normalized spacial score (nSPS) is 13.1. The molecule has 0 spiro atoms. The number of amides is 1. The van der Waals surface area contributed by atoms with Gasteiger partial charge in [-0.2, -0.15) is 0 Å². The molecular weight excluding hydrogens is 374 g/mol. The largest absolute Gasteiger partial charge is 0.447 e. The van der Waals surface area contributed by atoms with E-state index in [2.05, 4.69) is 33.4 Å². The van der Waals surface area contributed by atoms with Gasteiger partial charge in [0.15, 0.2) is 10.8 Å². The van der Waals surface area contributed by atoms with Crippen LogP contribution in [0.25, 0.3) is 0 Å². The first-order chi connectivity index (χ1) is 11.5. The van der Waals surface area contributed by atoms with Crippen LogP contribution >= 0.6 is 15.9 Å². The minimum absolute atomic E-state index is 0.0170. The lowest BCUT2D eigenvalue weighted by Crippen LogP contribution is -2.41. The highest BCUT2D eigenvalue weighted by Gasteiger charge is 2.22. The average Bonchev–Trinajstić information content (AvgIpc) is 3.00. The summed E-state index contributed by atoms with van der Waals surface area (Å²) in [6, 6.07) is 13.1. The number of halogens is 1. The van der Waals surface area contributed by atoms with Crippen molar-refractivity contribution < 1.29 is 18.7 Å². The van der Waals surface area contributed by atoms with Gasteiger partial charge in [-0.05, 0) is 60.3 Å². The third-order valence-electron chi connectivity index (χ3n) is 3.52. The van der Waals surface area contributed by atoms with Gasteiger partial charge in [-0.15, -0.1) is 0 Å². The Morgan fingerprint density at radius 3 is 2.50 bits per heavy atom. The quantitative estimate of drug-likeness (QED) is 0.727. The minimum atomic E-state index is -0.888. The highest BCUT2D eigenvalue weighted by atomic mass is 79.9. The third kappa shape index (κ3) is 5.53. The van der Waals surface area contributed by atoms with E-state index in [-0.39, 0.29) is 17.7 Å². The zero-order chi connectivity index (χ0) is 17.5. The Kier molecular flexibility index (Phi) is 6.61. The molecule has 0 fully saturated rings. The zero-order valence-corrected chi connectivity index (χ0v) is 15.2. The molecule has 6 heteroatoms. The molecule has 1 heterocycles. The van der Waals surface area contributed by atoms with Crippen molar-refractivity contribution in [2.75, 3.05) is 0 Å². The molecule has 24 heavy (non-hydrogen) atoms. The summed E-state index contributed by atoms with van der Waals surface area (Å²) in [6.45, 7) is 3.47. The molecule has 0 radical (unpaired) electrons. The fourth-order valence-electron chi connectivity index (χ4n) is 2.16. The van der Waals surface area contributed by atoms with Gasteiger partial charge < -0.3 is 14.5 Å². The second-order valence-electron chi connectivity index (χ2n) is 5.59. The smallest absolute Gasteiger partial charge is 0.375 e. The first kappa shape index (κ1) is 18.3. The first-order valence-electron chi connectivity index (χ1n) is 7.76. The molecular formula is C18H20BrNO4. The number of aryl methyl sites for hydroxylation is 1. The number of esters is 1. The van der Waals surface area contributed by atoms with E-state index >= 15 is 0 Å². The van der Waals surface area contributed by atoms with Crippen molar-refractivity contribution in [2.24, 2.45) is 0 Å². The SMILES string of the molecule is C[C@H](OC(=O)c1ccc(Br)o1)C(=O)N[C@@H](C)CCc1ccccc1. The number of hydrogen-bond acceptors (Lipinski definition) is 4. The molecule has 0 unspecified atom stereocenters. The maximum Gasteiger partial charge on any atom is 0.375 e. The van der Waals surface area contributed by atoms with Crippen LogP contribution in [0.1, 0.15) is 36.4 Å². The van der Waals surface area contributed by atoms with Gasteiger partial charge in [0, 0.05) is 6.04 Å². The molecule has 2 rings (SSSR count). The van der Waals surface area contributed by atoms with Crippen LogP contribution in [0.5, 0.6) is 0 Å². The predicted octanol–water partition coefficient (Wildman–Crippen LogP) is 3.72. The van der Waals surface area contributed by atoms with E-state index in [1.807, 2.05) is 25.1 Å². The van der Waals surface area contributed by atoms with Gasteiger partial charge in [-0.3, -0.25) is 4.79 Å². The molecule has 0 bridgehead atoms. The molecule has 2 atom stereocenters. The summed E-state index contributed by atoms with van der Waals surface area (Å²) in [5.74, 6) is -0.937. The fourth-order valence-corrected chi connectivity index (χ4v) is 2.46. The minimum Gasteiger partial charge on any atom is -0.447 e. The molecule has 128 valence electrons. The van der Waals surface area contributed by atoms with E-state index < -0.39 is 12.1 Å². The molecule has 0 aliphatic heterocycles. The van der Waals surface area contributed by atoms with Gasteiger partial charge in [0.05, 0.1) is 0 Å². The maximum absolute atomic E-state index is 12.1. The van der Waals surface area contributed by atoms with Gasteiger partial charge in [-0.1, -0.05) is 30.3 Å². The van der Waals surface area contributed by atoms with Gasteiger partial charge in [0.2, 0.25) is 5.76 Å². The lowest BCUT2D eigenvalue weighted by Gasteiger charge is -2.17. The van der Waals surface area contributed by atoms with Gasteiger partial charge >= 0.3 is 5.97 Å².